The minimum atomic E-state index is -0.739. The van der Waals surface area contributed by atoms with Crippen LogP contribution in [-0.4, -0.2) is 44.5 Å². The molecule has 1 aliphatic carbocycles. The van der Waals surface area contributed by atoms with Crippen molar-refractivity contribution in [2.75, 3.05) is 6.61 Å². The van der Waals surface area contributed by atoms with Gasteiger partial charge in [-0.25, -0.2) is 0 Å². The zero-order valence-electron chi connectivity index (χ0n) is 16.6. The number of ether oxygens (including phenoxy) is 1. The molecule has 1 saturated carbocycles. The highest BCUT2D eigenvalue weighted by Crippen LogP contribution is 2.36. The van der Waals surface area contributed by atoms with Crippen LogP contribution in [0.4, 0.5) is 0 Å². The number of hydrogen-bond donors (Lipinski definition) is 1. The van der Waals surface area contributed by atoms with E-state index in [0.717, 1.165) is 35.7 Å². The maximum Gasteiger partial charge on any atom is 0.276 e. The van der Waals surface area contributed by atoms with E-state index in [1.165, 1.54) is 0 Å². The largest absolute Gasteiger partial charge is 0.494 e. The molecule has 1 atom stereocenters. The third-order valence-electron chi connectivity index (χ3n) is 4.29. The molecule has 1 heterocycles. The lowest BCUT2D eigenvalue weighted by molar-refractivity contribution is -0.127. The monoisotopic (exact) mass is 402 g/mol. The van der Waals surface area contributed by atoms with Crippen molar-refractivity contribution >= 4 is 23.3 Å². The molecule has 1 aliphatic rings. The summed E-state index contributed by atoms with van der Waals surface area (Å²) in [5.74, 6) is 0.258. The normalized spacial score (nSPS) is 15.0. The number of amides is 2. The highest BCUT2D eigenvalue weighted by atomic mass is 32.1. The molecule has 7 nitrogen and oxygen atoms in total. The van der Waals surface area contributed by atoms with Gasteiger partial charge in [0.2, 0.25) is 5.91 Å². The summed E-state index contributed by atoms with van der Waals surface area (Å²) < 4.78 is 9.31. The van der Waals surface area contributed by atoms with Crippen molar-refractivity contribution in [3.05, 3.63) is 40.9 Å². The fourth-order valence-corrected chi connectivity index (χ4v) is 3.46. The second-order valence-corrected chi connectivity index (χ2v) is 8.49. The van der Waals surface area contributed by atoms with Gasteiger partial charge in [-0.1, -0.05) is 16.6 Å². The first-order chi connectivity index (χ1) is 13.3. The molecule has 8 heteroatoms. The van der Waals surface area contributed by atoms with Crippen LogP contribution < -0.4 is 10.1 Å². The average molecular weight is 403 g/mol. The summed E-state index contributed by atoms with van der Waals surface area (Å²) in [4.78, 5) is 28.1. The molecule has 2 amide bonds. The molecule has 0 unspecified atom stereocenters. The fraction of sp³-hybridized carbons (Fsp3) is 0.500. The van der Waals surface area contributed by atoms with Crippen LogP contribution in [0.3, 0.4) is 0 Å². The maximum atomic E-state index is 13.2. The van der Waals surface area contributed by atoms with Crippen LogP contribution in [0.1, 0.15) is 62.6 Å². The molecule has 1 fully saturated rings. The van der Waals surface area contributed by atoms with Crippen molar-refractivity contribution in [3.63, 3.8) is 0 Å². The molecule has 1 aromatic heterocycles. The SMILES string of the molecule is CCOc1ccc([C@H](C(=O)NC(C)(C)C)N(C(=O)c2csnn2)C2CC2)cc1. The zero-order chi connectivity index (χ0) is 20.3. The van der Waals surface area contributed by atoms with Crippen LogP contribution >= 0.6 is 11.5 Å². The molecule has 28 heavy (non-hydrogen) atoms. The minimum absolute atomic E-state index is 0.0245. The van der Waals surface area contributed by atoms with Gasteiger partial charge in [0.1, 0.15) is 11.8 Å². The predicted octanol–water partition coefficient (Wildman–Crippen LogP) is 3.20. The van der Waals surface area contributed by atoms with E-state index in [1.54, 1.807) is 10.3 Å². The highest BCUT2D eigenvalue weighted by Gasteiger charge is 2.43. The Kier molecular flexibility index (Phi) is 5.98. The van der Waals surface area contributed by atoms with Gasteiger partial charge in [0, 0.05) is 17.0 Å². The van der Waals surface area contributed by atoms with Gasteiger partial charge in [-0.3, -0.25) is 9.59 Å². The average Bonchev–Trinajstić information content (AvgIpc) is 3.31. The van der Waals surface area contributed by atoms with Gasteiger partial charge in [-0.15, -0.1) is 5.10 Å². The number of hydrogen-bond acceptors (Lipinski definition) is 6. The molecular formula is C20H26N4O3S. The van der Waals surface area contributed by atoms with Crippen LogP contribution in [0.5, 0.6) is 5.75 Å². The molecule has 0 spiro atoms. The van der Waals surface area contributed by atoms with Crippen LogP contribution in [0, 0.1) is 0 Å². The molecule has 0 radical (unpaired) electrons. The van der Waals surface area contributed by atoms with E-state index < -0.39 is 11.6 Å². The van der Waals surface area contributed by atoms with Gasteiger partial charge in [-0.2, -0.15) is 0 Å². The molecule has 1 N–H and O–H groups in total. The zero-order valence-corrected chi connectivity index (χ0v) is 17.5. The van der Waals surface area contributed by atoms with E-state index in [2.05, 4.69) is 14.9 Å². The lowest BCUT2D eigenvalue weighted by Crippen LogP contribution is -2.50. The fourth-order valence-electron chi connectivity index (χ4n) is 3.03. The van der Waals surface area contributed by atoms with Gasteiger partial charge < -0.3 is 15.0 Å². The van der Waals surface area contributed by atoms with E-state index >= 15 is 0 Å². The summed E-state index contributed by atoms with van der Waals surface area (Å²) >= 11 is 1.13. The van der Waals surface area contributed by atoms with Gasteiger partial charge in [0.05, 0.1) is 6.61 Å². The summed E-state index contributed by atoms with van der Waals surface area (Å²) in [6, 6.07) is 6.64. The third-order valence-corrected chi connectivity index (χ3v) is 4.79. The van der Waals surface area contributed by atoms with Crippen molar-refractivity contribution in [1.82, 2.24) is 19.8 Å². The summed E-state index contributed by atoms with van der Waals surface area (Å²) in [7, 11) is 0. The van der Waals surface area contributed by atoms with Crippen molar-refractivity contribution in [2.45, 2.75) is 58.2 Å². The first-order valence-electron chi connectivity index (χ1n) is 9.44. The molecule has 2 aromatic rings. The van der Waals surface area contributed by atoms with Crippen molar-refractivity contribution in [3.8, 4) is 5.75 Å². The lowest BCUT2D eigenvalue weighted by Gasteiger charge is -2.33. The van der Waals surface area contributed by atoms with Crippen molar-refractivity contribution in [2.24, 2.45) is 0 Å². The number of carbonyl (C=O) groups excluding carboxylic acids is 2. The Hall–Kier alpha value is -2.48. The van der Waals surface area contributed by atoms with Crippen molar-refractivity contribution in [1.29, 1.82) is 0 Å². The van der Waals surface area contributed by atoms with Gasteiger partial charge in [0.15, 0.2) is 5.69 Å². The second-order valence-electron chi connectivity index (χ2n) is 7.88. The molecule has 0 bridgehead atoms. The predicted molar refractivity (Wildman–Crippen MR) is 107 cm³/mol. The summed E-state index contributed by atoms with van der Waals surface area (Å²) in [5, 5.41) is 8.56. The molecule has 0 aliphatic heterocycles. The summed E-state index contributed by atoms with van der Waals surface area (Å²) in [6.07, 6.45) is 1.75. The second kappa shape index (κ2) is 8.26. The lowest BCUT2D eigenvalue weighted by atomic mass is 10.0. The number of nitrogens with zero attached hydrogens (tertiary/aromatic N) is 3. The van der Waals surface area contributed by atoms with Crippen LogP contribution in [0.2, 0.25) is 0 Å². The third kappa shape index (κ3) is 4.86. The summed E-state index contributed by atoms with van der Waals surface area (Å²) in [5.41, 5.74) is 0.603. The Morgan fingerprint density at radius 2 is 1.96 bits per heavy atom. The summed E-state index contributed by atoms with van der Waals surface area (Å²) in [6.45, 7) is 8.26. The van der Waals surface area contributed by atoms with E-state index in [1.807, 2.05) is 52.0 Å². The Morgan fingerprint density at radius 3 is 2.46 bits per heavy atom. The van der Waals surface area contributed by atoms with E-state index in [-0.39, 0.29) is 23.6 Å². The molecule has 1 aromatic carbocycles. The topological polar surface area (TPSA) is 84.4 Å². The Labute approximate surface area is 169 Å². The molecule has 150 valence electrons. The molecular weight excluding hydrogens is 376 g/mol. The minimum Gasteiger partial charge on any atom is -0.494 e. The number of rotatable bonds is 7. The number of carbonyl (C=O) groups is 2. The highest BCUT2D eigenvalue weighted by molar-refractivity contribution is 7.03. The van der Waals surface area contributed by atoms with Crippen LogP contribution in [-0.2, 0) is 4.79 Å². The van der Waals surface area contributed by atoms with Crippen LogP contribution in [0.25, 0.3) is 0 Å². The molecule has 3 rings (SSSR count). The van der Waals surface area contributed by atoms with E-state index in [9.17, 15) is 9.59 Å². The van der Waals surface area contributed by atoms with E-state index in [4.69, 9.17) is 4.74 Å². The Balaban J connectivity index is 1.98. The van der Waals surface area contributed by atoms with Gasteiger partial charge >= 0.3 is 0 Å². The number of aromatic nitrogens is 2. The first-order valence-corrected chi connectivity index (χ1v) is 10.3. The number of nitrogens with one attached hydrogen (secondary N) is 1. The van der Waals surface area contributed by atoms with Gasteiger partial charge in [0.25, 0.3) is 5.91 Å². The number of benzene rings is 1. The van der Waals surface area contributed by atoms with Gasteiger partial charge in [-0.05, 0) is 69.8 Å². The first kappa shape index (κ1) is 20.3. The standard InChI is InChI=1S/C20H26N4O3S/c1-5-27-15-10-6-13(7-11-15)17(18(25)21-20(2,3)4)24(14-8-9-14)19(26)16-12-28-23-22-16/h6-7,10-12,14,17H,5,8-9H2,1-4H3,(H,21,25)/t17-/m1/s1. The maximum absolute atomic E-state index is 13.2. The van der Waals surface area contributed by atoms with E-state index in [0.29, 0.717) is 6.61 Å². The Morgan fingerprint density at radius 1 is 1.29 bits per heavy atom. The Bertz CT molecular complexity index is 811. The smallest absolute Gasteiger partial charge is 0.276 e. The van der Waals surface area contributed by atoms with Crippen LogP contribution in [0.15, 0.2) is 29.6 Å². The molecule has 0 saturated heterocycles. The van der Waals surface area contributed by atoms with Crippen molar-refractivity contribution < 1.29 is 14.3 Å². The quantitative estimate of drug-likeness (QED) is 0.769.